The second kappa shape index (κ2) is 7.22. The number of benzene rings is 2. The smallest absolute Gasteiger partial charge is 0.348 e. The van der Waals surface area contributed by atoms with Crippen molar-refractivity contribution in [2.45, 2.75) is 4.90 Å². The molecular weight excluding hydrogens is 362 g/mol. The lowest BCUT2D eigenvalue weighted by Gasteiger charge is -2.07. The van der Waals surface area contributed by atoms with Gasteiger partial charge in [0.05, 0.1) is 4.90 Å². The van der Waals surface area contributed by atoms with Crippen LogP contribution < -0.4 is 9.88 Å². The highest BCUT2D eigenvalue weighted by Gasteiger charge is 2.11. The van der Waals surface area contributed by atoms with E-state index in [2.05, 4.69) is 0 Å². The number of esters is 1. The highest BCUT2D eigenvalue weighted by atomic mass is 32.2. The van der Waals surface area contributed by atoms with Crippen molar-refractivity contribution in [3.05, 3.63) is 59.5 Å². The standard InChI is InChI=1S/C17H15NO5S2/c18-25(20,21)14-7-5-13(6-8-14)22-9-10-23-17(19)16-11-12-3-1-2-4-15(12)24-16/h1-8,11H,9-10H2,(H2,18,20,21). The summed E-state index contributed by atoms with van der Waals surface area (Å²) in [5, 5.41) is 6.03. The number of thiophene rings is 1. The second-order valence-electron chi connectivity index (χ2n) is 5.15. The monoisotopic (exact) mass is 377 g/mol. The van der Waals surface area contributed by atoms with Crippen LogP contribution in [0.5, 0.6) is 5.75 Å². The molecule has 0 aliphatic rings. The van der Waals surface area contributed by atoms with Crippen molar-refractivity contribution >= 4 is 37.4 Å². The van der Waals surface area contributed by atoms with Gasteiger partial charge in [-0.25, -0.2) is 18.4 Å². The Bertz CT molecular complexity index is 960. The molecule has 0 fully saturated rings. The first kappa shape index (κ1) is 17.4. The molecule has 2 aromatic carbocycles. The minimum absolute atomic E-state index is 0.0102. The van der Waals surface area contributed by atoms with Gasteiger partial charge in [0.15, 0.2) is 0 Å². The molecule has 2 N–H and O–H groups in total. The lowest BCUT2D eigenvalue weighted by Crippen LogP contribution is -2.13. The summed E-state index contributed by atoms with van der Waals surface area (Å²) in [5.41, 5.74) is 0. The van der Waals surface area contributed by atoms with Crippen molar-refractivity contribution in [3.8, 4) is 5.75 Å². The summed E-state index contributed by atoms with van der Waals surface area (Å²) in [6.07, 6.45) is 0. The van der Waals surface area contributed by atoms with E-state index in [0.29, 0.717) is 10.6 Å². The number of hydrogen-bond acceptors (Lipinski definition) is 6. The molecule has 0 saturated heterocycles. The molecule has 0 radical (unpaired) electrons. The van der Waals surface area contributed by atoms with Crippen LogP contribution in [-0.2, 0) is 14.8 Å². The van der Waals surface area contributed by atoms with Gasteiger partial charge in [0.25, 0.3) is 0 Å². The van der Waals surface area contributed by atoms with E-state index in [4.69, 9.17) is 14.6 Å². The number of carbonyl (C=O) groups excluding carboxylic acids is 1. The maximum atomic E-state index is 12.0. The first-order valence-corrected chi connectivity index (χ1v) is 9.71. The summed E-state index contributed by atoms with van der Waals surface area (Å²) in [4.78, 5) is 12.6. The molecule has 3 aromatic rings. The third-order valence-electron chi connectivity index (χ3n) is 3.36. The fourth-order valence-corrected chi connectivity index (χ4v) is 3.64. The van der Waals surface area contributed by atoms with Crippen LogP contribution in [0, 0.1) is 0 Å². The summed E-state index contributed by atoms with van der Waals surface area (Å²) in [5.74, 6) is 0.0692. The van der Waals surface area contributed by atoms with Gasteiger partial charge < -0.3 is 9.47 Å². The number of fused-ring (bicyclic) bond motifs is 1. The largest absolute Gasteiger partial charge is 0.490 e. The quantitative estimate of drug-likeness (QED) is 0.526. The zero-order chi connectivity index (χ0) is 17.9. The average molecular weight is 377 g/mol. The van der Waals surface area contributed by atoms with Crippen molar-refractivity contribution in [3.63, 3.8) is 0 Å². The molecule has 1 aromatic heterocycles. The zero-order valence-electron chi connectivity index (χ0n) is 13.0. The Hall–Kier alpha value is -2.42. The predicted molar refractivity (Wildman–Crippen MR) is 95.4 cm³/mol. The second-order valence-corrected chi connectivity index (χ2v) is 7.79. The summed E-state index contributed by atoms with van der Waals surface area (Å²) >= 11 is 1.38. The lowest BCUT2D eigenvalue weighted by atomic mass is 10.2. The summed E-state index contributed by atoms with van der Waals surface area (Å²) in [6, 6.07) is 15.2. The van der Waals surface area contributed by atoms with Gasteiger partial charge in [-0.2, -0.15) is 0 Å². The Kier molecular flexibility index (Phi) is 5.03. The van der Waals surface area contributed by atoms with Crippen LogP contribution in [0.2, 0.25) is 0 Å². The number of primary sulfonamides is 1. The number of sulfonamides is 1. The number of ether oxygens (including phenoxy) is 2. The Morgan fingerprint density at radius 1 is 1.04 bits per heavy atom. The third-order valence-corrected chi connectivity index (χ3v) is 5.39. The Morgan fingerprint density at radius 3 is 2.44 bits per heavy atom. The number of hydrogen-bond donors (Lipinski definition) is 1. The Morgan fingerprint density at radius 2 is 1.76 bits per heavy atom. The molecule has 0 aliphatic carbocycles. The summed E-state index contributed by atoms with van der Waals surface area (Å²) in [6.45, 7) is 0.245. The lowest BCUT2D eigenvalue weighted by molar-refractivity contribution is 0.0456. The van der Waals surface area contributed by atoms with Crippen molar-refractivity contribution < 1.29 is 22.7 Å². The highest BCUT2D eigenvalue weighted by Crippen LogP contribution is 2.25. The third kappa shape index (κ3) is 4.36. The van der Waals surface area contributed by atoms with E-state index >= 15 is 0 Å². The van der Waals surface area contributed by atoms with Gasteiger partial charge >= 0.3 is 5.97 Å². The summed E-state index contributed by atoms with van der Waals surface area (Å²) in [7, 11) is -3.72. The molecule has 0 atom stereocenters. The first-order chi connectivity index (χ1) is 11.9. The molecule has 0 amide bonds. The van der Waals surface area contributed by atoms with E-state index in [1.165, 1.54) is 35.6 Å². The van der Waals surface area contributed by atoms with E-state index in [0.717, 1.165) is 10.1 Å². The van der Waals surface area contributed by atoms with Gasteiger partial charge in [0.2, 0.25) is 10.0 Å². The van der Waals surface area contributed by atoms with Crippen LogP contribution in [0.3, 0.4) is 0 Å². The van der Waals surface area contributed by atoms with E-state index in [-0.39, 0.29) is 18.1 Å². The predicted octanol–water partition coefficient (Wildman–Crippen LogP) is 2.78. The molecule has 0 bridgehead atoms. The molecular formula is C17H15NO5S2. The molecule has 0 aliphatic heterocycles. The van der Waals surface area contributed by atoms with Gasteiger partial charge in [-0.1, -0.05) is 18.2 Å². The van der Waals surface area contributed by atoms with Gasteiger partial charge in [-0.15, -0.1) is 11.3 Å². The maximum Gasteiger partial charge on any atom is 0.348 e. The molecule has 3 rings (SSSR count). The van der Waals surface area contributed by atoms with Crippen molar-refractivity contribution in [1.82, 2.24) is 0 Å². The molecule has 8 heteroatoms. The van der Waals surface area contributed by atoms with Gasteiger partial charge in [0, 0.05) is 4.70 Å². The Labute approximate surface area is 148 Å². The van der Waals surface area contributed by atoms with Crippen LogP contribution in [-0.4, -0.2) is 27.6 Å². The van der Waals surface area contributed by atoms with Gasteiger partial charge in [-0.05, 0) is 41.8 Å². The van der Waals surface area contributed by atoms with Crippen molar-refractivity contribution in [1.29, 1.82) is 0 Å². The topological polar surface area (TPSA) is 95.7 Å². The molecule has 1 heterocycles. The number of carbonyl (C=O) groups is 1. The fourth-order valence-electron chi connectivity index (χ4n) is 2.17. The van der Waals surface area contributed by atoms with Crippen LogP contribution in [0.25, 0.3) is 10.1 Å². The minimum Gasteiger partial charge on any atom is -0.490 e. The molecule has 0 saturated carbocycles. The average Bonchev–Trinajstić information content (AvgIpc) is 3.02. The van der Waals surface area contributed by atoms with Gasteiger partial charge in [-0.3, -0.25) is 0 Å². The molecule has 0 spiro atoms. The maximum absolute atomic E-state index is 12.0. The first-order valence-electron chi connectivity index (χ1n) is 7.35. The number of nitrogens with two attached hydrogens (primary N) is 1. The van der Waals surface area contributed by atoms with Crippen molar-refractivity contribution in [2.75, 3.05) is 13.2 Å². The van der Waals surface area contributed by atoms with Crippen LogP contribution in [0.1, 0.15) is 9.67 Å². The zero-order valence-corrected chi connectivity index (χ0v) is 14.7. The number of rotatable bonds is 6. The van der Waals surface area contributed by atoms with E-state index in [1.54, 1.807) is 6.07 Å². The normalized spacial score (nSPS) is 11.4. The highest BCUT2D eigenvalue weighted by molar-refractivity contribution is 7.89. The SMILES string of the molecule is NS(=O)(=O)c1ccc(OCCOC(=O)c2cc3ccccc3s2)cc1. The minimum atomic E-state index is -3.72. The molecule has 25 heavy (non-hydrogen) atoms. The van der Waals surface area contributed by atoms with Gasteiger partial charge in [0.1, 0.15) is 23.8 Å². The van der Waals surface area contributed by atoms with Crippen LogP contribution >= 0.6 is 11.3 Å². The van der Waals surface area contributed by atoms with Crippen LogP contribution in [0.4, 0.5) is 0 Å². The van der Waals surface area contributed by atoms with Crippen molar-refractivity contribution in [2.24, 2.45) is 5.14 Å². The summed E-state index contributed by atoms with van der Waals surface area (Å²) < 4.78 is 33.9. The van der Waals surface area contributed by atoms with E-state index in [9.17, 15) is 13.2 Å². The van der Waals surface area contributed by atoms with Crippen LogP contribution in [0.15, 0.2) is 59.5 Å². The molecule has 6 nitrogen and oxygen atoms in total. The van der Waals surface area contributed by atoms with E-state index < -0.39 is 16.0 Å². The molecule has 0 unspecified atom stereocenters. The van der Waals surface area contributed by atoms with E-state index in [1.807, 2.05) is 24.3 Å². The molecule has 130 valence electrons. The Balaban J connectivity index is 1.50. The fraction of sp³-hybridized carbons (Fsp3) is 0.118.